The molecule has 2 saturated heterocycles. The van der Waals surface area contributed by atoms with E-state index in [0.717, 1.165) is 25.9 Å². The lowest BCUT2D eigenvalue weighted by Gasteiger charge is -2.33. The first-order chi connectivity index (χ1) is 7.27. The Bertz CT molecular complexity index is 261. The smallest absolute Gasteiger partial charge is 0.239 e. The van der Waals surface area contributed by atoms with Gasteiger partial charge in [-0.2, -0.15) is 0 Å². The van der Waals surface area contributed by atoms with E-state index in [1.807, 2.05) is 0 Å². The standard InChI is InChI=1S/C10H17N3O2/c14-9-7-13(10(15)3-5-12-9)8-2-1-4-11-6-8/h8,11H,1-7H2,(H,12,14). The second-order valence-corrected chi connectivity index (χ2v) is 4.12. The van der Waals surface area contributed by atoms with Crippen LogP contribution in [0.2, 0.25) is 0 Å². The molecule has 15 heavy (non-hydrogen) atoms. The lowest BCUT2D eigenvalue weighted by molar-refractivity contribution is -0.136. The number of carbonyl (C=O) groups excluding carboxylic acids is 2. The molecular weight excluding hydrogens is 194 g/mol. The van der Waals surface area contributed by atoms with Gasteiger partial charge in [-0.1, -0.05) is 0 Å². The minimum absolute atomic E-state index is 0.0357. The Morgan fingerprint density at radius 2 is 2.13 bits per heavy atom. The van der Waals surface area contributed by atoms with Crippen LogP contribution in [0.1, 0.15) is 19.3 Å². The summed E-state index contributed by atoms with van der Waals surface area (Å²) in [5.74, 6) is 0.0634. The van der Waals surface area contributed by atoms with E-state index >= 15 is 0 Å². The number of piperidine rings is 1. The van der Waals surface area contributed by atoms with Crippen LogP contribution < -0.4 is 10.6 Å². The summed E-state index contributed by atoms with van der Waals surface area (Å²) < 4.78 is 0. The van der Waals surface area contributed by atoms with Gasteiger partial charge in [-0.05, 0) is 19.4 Å². The molecule has 0 aromatic heterocycles. The lowest BCUT2D eigenvalue weighted by atomic mass is 10.1. The van der Waals surface area contributed by atoms with Gasteiger partial charge in [-0.15, -0.1) is 0 Å². The van der Waals surface area contributed by atoms with Gasteiger partial charge in [-0.3, -0.25) is 9.59 Å². The maximum Gasteiger partial charge on any atom is 0.239 e. The van der Waals surface area contributed by atoms with Crippen LogP contribution in [0.3, 0.4) is 0 Å². The predicted molar refractivity (Wildman–Crippen MR) is 55.2 cm³/mol. The molecule has 0 bridgehead atoms. The van der Waals surface area contributed by atoms with E-state index in [-0.39, 0.29) is 24.4 Å². The van der Waals surface area contributed by atoms with E-state index in [4.69, 9.17) is 0 Å². The van der Waals surface area contributed by atoms with Crippen LogP contribution >= 0.6 is 0 Å². The molecule has 2 heterocycles. The normalized spacial score (nSPS) is 28.5. The molecule has 0 aromatic carbocycles. The van der Waals surface area contributed by atoms with Gasteiger partial charge >= 0.3 is 0 Å². The average Bonchev–Trinajstić information content (AvgIpc) is 2.42. The number of hydrogen-bond acceptors (Lipinski definition) is 3. The molecule has 0 aromatic rings. The molecule has 2 amide bonds. The first kappa shape index (κ1) is 10.4. The van der Waals surface area contributed by atoms with E-state index in [1.54, 1.807) is 4.90 Å². The van der Waals surface area contributed by atoms with Gasteiger partial charge in [0.15, 0.2) is 0 Å². The van der Waals surface area contributed by atoms with Gasteiger partial charge in [0, 0.05) is 25.6 Å². The number of hydrogen-bond donors (Lipinski definition) is 2. The van der Waals surface area contributed by atoms with Crippen LogP contribution in [0.25, 0.3) is 0 Å². The fourth-order valence-electron chi connectivity index (χ4n) is 2.18. The lowest BCUT2D eigenvalue weighted by Crippen LogP contribution is -2.50. The summed E-state index contributed by atoms with van der Waals surface area (Å²) >= 11 is 0. The van der Waals surface area contributed by atoms with Crippen LogP contribution in [0, 0.1) is 0 Å². The number of nitrogens with zero attached hydrogens (tertiary/aromatic N) is 1. The van der Waals surface area contributed by atoms with Crippen molar-refractivity contribution in [1.29, 1.82) is 0 Å². The minimum atomic E-state index is -0.0357. The van der Waals surface area contributed by atoms with Gasteiger partial charge in [0.2, 0.25) is 11.8 Å². The molecule has 2 aliphatic rings. The molecule has 5 nitrogen and oxygen atoms in total. The molecule has 5 heteroatoms. The first-order valence-electron chi connectivity index (χ1n) is 5.54. The van der Waals surface area contributed by atoms with Crippen molar-refractivity contribution in [3.8, 4) is 0 Å². The van der Waals surface area contributed by atoms with Crippen molar-refractivity contribution in [1.82, 2.24) is 15.5 Å². The summed E-state index contributed by atoms with van der Waals surface area (Å²) in [6.45, 7) is 2.54. The van der Waals surface area contributed by atoms with Crippen LogP contribution in [-0.2, 0) is 9.59 Å². The zero-order valence-electron chi connectivity index (χ0n) is 8.79. The minimum Gasteiger partial charge on any atom is -0.354 e. The number of nitrogens with one attached hydrogen (secondary N) is 2. The number of carbonyl (C=O) groups is 2. The molecule has 84 valence electrons. The van der Waals surface area contributed by atoms with Gasteiger partial charge in [0.25, 0.3) is 0 Å². The van der Waals surface area contributed by atoms with Crippen molar-refractivity contribution < 1.29 is 9.59 Å². The number of rotatable bonds is 1. The summed E-state index contributed by atoms with van der Waals surface area (Å²) in [7, 11) is 0. The average molecular weight is 211 g/mol. The van der Waals surface area contributed by atoms with Gasteiger partial charge in [0.1, 0.15) is 0 Å². The Balaban J connectivity index is 2.02. The zero-order chi connectivity index (χ0) is 10.7. The summed E-state index contributed by atoms with van der Waals surface area (Å²) in [6.07, 6.45) is 2.52. The quantitative estimate of drug-likeness (QED) is 0.590. The van der Waals surface area contributed by atoms with Crippen molar-refractivity contribution in [3.63, 3.8) is 0 Å². The molecule has 2 rings (SSSR count). The van der Waals surface area contributed by atoms with Crippen LogP contribution in [0.5, 0.6) is 0 Å². The molecular formula is C10H17N3O2. The van der Waals surface area contributed by atoms with Crippen molar-refractivity contribution >= 4 is 11.8 Å². The third kappa shape index (κ3) is 2.47. The van der Waals surface area contributed by atoms with E-state index in [2.05, 4.69) is 10.6 Å². The number of amides is 2. The molecule has 0 aliphatic carbocycles. The van der Waals surface area contributed by atoms with Crippen molar-refractivity contribution in [2.24, 2.45) is 0 Å². The fraction of sp³-hybridized carbons (Fsp3) is 0.800. The SMILES string of the molecule is O=C1CN(C2CCCNC2)C(=O)CCN1. The van der Waals surface area contributed by atoms with Gasteiger partial charge < -0.3 is 15.5 Å². The van der Waals surface area contributed by atoms with Crippen molar-refractivity contribution in [3.05, 3.63) is 0 Å². The molecule has 2 fully saturated rings. The summed E-state index contributed by atoms with van der Waals surface area (Å²) in [4.78, 5) is 24.9. The highest BCUT2D eigenvalue weighted by atomic mass is 16.2. The summed E-state index contributed by atoms with van der Waals surface area (Å²) in [6, 6.07) is 0.204. The zero-order valence-corrected chi connectivity index (χ0v) is 8.79. The highest BCUT2D eigenvalue weighted by Crippen LogP contribution is 2.12. The fourth-order valence-corrected chi connectivity index (χ4v) is 2.18. The Labute approximate surface area is 89.2 Å². The maximum absolute atomic E-state index is 11.8. The van der Waals surface area contributed by atoms with Crippen molar-refractivity contribution in [2.75, 3.05) is 26.2 Å². The largest absolute Gasteiger partial charge is 0.354 e. The second kappa shape index (κ2) is 4.61. The van der Waals surface area contributed by atoms with Crippen LogP contribution in [0.4, 0.5) is 0 Å². The second-order valence-electron chi connectivity index (χ2n) is 4.12. The van der Waals surface area contributed by atoms with E-state index in [1.165, 1.54) is 0 Å². The molecule has 0 saturated carbocycles. The Hall–Kier alpha value is -1.10. The monoisotopic (exact) mass is 211 g/mol. The third-order valence-electron chi connectivity index (χ3n) is 3.01. The Morgan fingerprint density at radius 1 is 1.27 bits per heavy atom. The molecule has 1 unspecified atom stereocenters. The highest BCUT2D eigenvalue weighted by molar-refractivity contribution is 5.87. The van der Waals surface area contributed by atoms with Gasteiger partial charge in [0.05, 0.1) is 6.54 Å². The maximum atomic E-state index is 11.8. The van der Waals surface area contributed by atoms with Crippen molar-refractivity contribution in [2.45, 2.75) is 25.3 Å². The molecule has 2 aliphatic heterocycles. The van der Waals surface area contributed by atoms with Crippen LogP contribution in [-0.4, -0.2) is 48.9 Å². The third-order valence-corrected chi connectivity index (χ3v) is 3.01. The van der Waals surface area contributed by atoms with E-state index < -0.39 is 0 Å². The topological polar surface area (TPSA) is 61.4 Å². The molecule has 2 N–H and O–H groups in total. The molecule has 1 atom stereocenters. The molecule has 0 spiro atoms. The Morgan fingerprint density at radius 3 is 2.87 bits per heavy atom. The molecule has 0 radical (unpaired) electrons. The first-order valence-corrected chi connectivity index (χ1v) is 5.54. The Kier molecular flexibility index (Phi) is 3.20. The van der Waals surface area contributed by atoms with E-state index in [0.29, 0.717) is 13.0 Å². The van der Waals surface area contributed by atoms with Gasteiger partial charge in [-0.25, -0.2) is 0 Å². The highest BCUT2D eigenvalue weighted by Gasteiger charge is 2.28. The van der Waals surface area contributed by atoms with E-state index in [9.17, 15) is 9.59 Å². The van der Waals surface area contributed by atoms with Crippen LogP contribution in [0.15, 0.2) is 0 Å². The predicted octanol–water partition coefficient (Wildman–Crippen LogP) is -0.913. The summed E-state index contributed by atoms with van der Waals surface area (Å²) in [5.41, 5.74) is 0. The summed E-state index contributed by atoms with van der Waals surface area (Å²) in [5, 5.41) is 5.98.